The van der Waals surface area contributed by atoms with Crippen LogP contribution in [0.25, 0.3) is 0 Å². The number of halogens is 3. The van der Waals surface area contributed by atoms with Gasteiger partial charge in [0.25, 0.3) is 5.91 Å². The van der Waals surface area contributed by atoms with Crippen LogP contribution in [0.1, 0.15) is 34.9 Å². The molecule has 3 amide bonds. The number of hydrogen-bond acceptors (Lipinski definition) is 5. The molecule has 0 atom stereocenters. The first kappa shape index (κ1) is 20.0. The van der Waals surface area contributed by atoms with Crippen LogP contribution in [-0.4, -0.2) is 83.4 Å². The molecule has 2 aliphatic heterocycles. The van der Waals surface area contributed by atoms with Gasteiger partial charge in [-0.05, 0) is 18.9 Å². The van der Waals surface area contributed by atoms with Gasteiger partial charge in [0.05, 0.1) is 6.54 Å². The van der Waals surface area contributed by atoms with E-state index in [1.165, 1.54) is 11.0 Å². The number of aromatic nitrogens is 2. The number of ether oxygens (including phenoxy) is 1. The molecule has 0 saturated carbocycles. The lowest BCUT2D eigenvalue weighted by Crippen LogP contribution is -2.44. The Bertz CT molecular complexity index is 743. The van der Waals surface area contributed by atoms with Gasteiger partial charge in [-0.3, -0.25) is 19.6 Å². The molecule has 2 saturated heterocycles. The normalized spacial score (nSPS) is 18.3. The molecule has 0 radical (unpaired) electrons. The Morgan fingerprint density at radius 2 is 2.00 bits per heavy atom. The lowest BCUT2D eigenvalue weighted by atomic mass is 9.93. The molecule has 2 N–H and O–H groups in total. The summed E-state index contributed by atoms with van der Waals surface area (Å²) >= 11 is 0. The minimum atomic E-state index is -4.49. The molecule has 28 heavy (non-hydrogen) atoms. The quantitative estimate of drug-likeness (QED) is 0.758. The summed E-state index contributed by atoms with van der Waals surface area (Å²) in [6.07, 6.45) is -3.75. The van der Waals surface area contributed by atoms with Gasteiger partial charge in [0.15, 0.2) is 0 Å². The topological polar surface area (TPSA) is 108 Å². The minimum absolute atomic E-state index is 0.0115. The molecular weight excluding hydrogens is 383 g/mol. The van der Waals surface area contributed by atoms with Gasteiger partial charge in [0.1, 0.15) is 25.4 Å². The van der Waals surface area contributed by atoms with Crippen molar-refractivity contribution in [2.75, 3.05) is 39.3 Å². The number of nitrogens with one attached hydrogen (secondary N) is 2. The first-order valence-electron chi connectivity index (χ1n) is 8.82. The van der Waals surface area contributed by atoms with Crippen LogP contribution in [0.2, 0.25) is 0 Å². The van der Waals surface area contributed by atoms with Crippen LogP contribution >= 0.6 is 0 Å². The lowest BCUT2D eigenvalue weighted by molar-refractivity contribution is -0.132. The van der Waals surface area contributed by atoms with Gasteiger partial charge >= 0.3 is 12.3 Å². The second-order valence-electron chi connectivity index (χ2n) is 6.70. The highest BCUT2D eigenvalue weighted by atomic mass is 19.4. The SMILES string of the molecule is O=C(NCC(F)(F)F)c1cc(C2CCN(C(=O)CN3CCOC3=O)CC2)[nH]n1. The van der Waals surface area contributed by atoms with E-state index in [0.717, 1.165) is 0 Å². The van der Waals surface area contributed by atoms with E-state index < -0.39 is 24.7 Å². The van der Waals surface area contributed by atoms with Crippen LogP contribution in [0.4, 0.5) is 18.0 Å². The molecule has 0 unspecified atom stereocenters. The maximum Gasteiger partial charge on any atom is 0.410 e. The predicted octanol–water partition coefficient (Wildman–Crippen LogP) is 0.860. The van der Waals surface area contributed by atoms with Gasteiger partial charge in [0.2, 0.25) is 5.91 Å². The van der Waals surface area contributed by atoms with Crippen molar-refractivity contribution in [1.82, 2.24) is 25.3 Å². The molecule has 1 aromatic rings. The molecule has 12 heteroatoms. The zero-order valence-corrected chi connectivity index (χ0v) is 14.9. The summed E-state index contributed by atoms with van der Waals surface area (Å²) in [7, 11) is 0. The van der Waals surface area contributed by atoms with Gasteiger partial charge in [-0.2, -0.15) is 18.3 Å². The summed E-state index contributed by atoms with van der Waals surface area (Å²) in [4.78, 5) is 38.5. The fourth-order valence-electron chi connectivity index (χ4n) is 3.21. The van der Waals surface area contributed by atoms with Crippen LogP contribution < -0.4 is 5.32 Å². The van der Waals surface area contributed by atoms with Crippen molar-refractivity contribution < 1.29 is 32.3 Å². The Hall–Kier alpha value is -2.79. The molecule has 0 aliphatic carbocycles. The van der Waals surface area contributed by atoms with Crippen molar-refractivity contribution in [3.05, 3.63) is 17.5 Å². The second kappa shape index (κ2) is 8.07. The smallest absolute Gasteiger partial charge is 0.410 e. The highest BCUT2D eigenvalue weighted by Crippen LogP contribution is 2.27. The molecule has 9 nitrogen and oxygen atoms in total. The molecule has 0 bridgehead atoms. The monoisotopic (exact) mass is 403 g/mol. The lowest BCUT2D eigenvalue weighted by Gasteiger charge is -2.32. The number of alkyl halides is 3. The number of piperidine rings is 1. The van der Waals surface area contributed by atoms with Crippen molar-refractivity contribution in [1.29, 1.82) is 0 Å². The van der Waals surface area contributed by atoms with Crippen LogP contribution in [-0.2, 0) is 9.53 Å². The standard InChI is InChI=1S/C16H20F3N5O4/c17-16(18,19)9-20-14(26)12-7-11(21-22-12)10-1-3-23(4-2-10)13(25)8-24-5-6-28-15(24)27/h7,10H,1-6,8-9H2,(H,20,26)(H,21,22). The number of hydrogen-bond donors (Lipinski definition) is 2. The van der Waals surface area contributed by atoms with Crippen LogP contribution in [0.3, 0.4) is 0 Å². The minimum Gasteiger partial charge on any atom is -0.448 e. The highest BCUT2D eigenvalue weighted by molar-refractivity contribution is 5.92. The molecular formula is C16H20F3N5O4. The van der Waals surface area contributed by atoms with E-state index in [0.29, 0.717) is 38.2 Å². The van der Waals surface area contributed by atoms with E-state index in [4.69, 9.17) is 4.74 Å². The van der Waals surface area contributed by atoms with Gasteiger partial charge in [-0.15, -0.1) is 0 Å². The third kappa shape index (κ3) is 4.93. The van der Waals surface area contributed by atoms with Crippen molar-refractivity contribution in [3.8, 4) is 0 Å². The summed E-state index contributed by atoms with van der Waals surface area (Å²) in [6.45, 7) is 0.194. The summed E-state index contributed by atoms with van der Waals surface area (Å²) in [5, 5.41) is 8.25. The van der Waals surface area contributed by atoms with Crippen LogP contribution in [0.15, 0.2) is 6.07 Å². The highest BCUT2D eigenvalue weighted by Gasteiger charge is 2.31. The zero-order valence-electron chi connectivity index (χ0n) is 14.9. The van der Waals surface area contributed by atoms with E-state index in [2.05, 4.69) is 10.2 Å². The number of likely N-dealkylation sites (tertiary alicyclic amines) is 1. The fraction of sp³-hybridized carbons (Fsp3) is 0.625. The Morgan fingerprint density at radius 3 is 2.61 bits per heavy atom. The number of H-pyrrole nitrogens is 1. The summed E-state index contributed by atoms with van der Waals surface area (Å²) in [6, 6.07) is 1.44. The maximum atomic E-state index is 12.3. The van der Waals surface area contributed by atoms with Crippen molar-refractivity contribution in [3.63, 3.8) is 0 Å². The number of amides is 3. The van der Waals surface area contributed by atoms with Gasteiger partial charge in [0, 0.05) is 24.7 Å². The number of carbonyl (C=O) groups is 3. The molecule has 154 valence electrons. The average Bonchev–Trinajstić information content (AvgIpc) is 3.29. The maximum absolute atomic E-state index is 12.3. The van der Waals surface area contributed by atoms with E-state index in [1.54, 1.807) is 10.2 Å². The second-order valence-corrected chi connectivity index (χ2v) is 6.70. The summed E-state index contributed by atoms with van der Waals surface area (Å²) in [5.41, 5.74) is 0.540. The van der Waals surface area contributed by atoms with Crippen molar-refractivity contribution in [2.45, 2.75) is 24.9 Å². The Morgan fingerprint density at radius 1 is 1.29 bits per heavy atom. The Balaban J connectivity index is 1.48. The largest absolute Gasteiger partial charge is 0.448 e. The fourth-order valence-corrected chi connectivity index (χ4v) is 3.21. The number of aromatic amines is 1. The number of nitrogens with zero attached hydrogens (tertiary/aromatic N) is 3. The van der Waals surface area contributed by atoms with Crippen molar-refractivity contribution >= 4 is 17.9 Å². The predicted molar refractivity (Wildman–Crippen MR) is 88.5 cm³/mol. The molecule has 0 aromatic carbocycles. The van der Waals surface area contributed by atoms with Crippen molar-refractivity contribution in [2.24, 2.45) is 0 Å². The molecule has 1 aromatic heterocycles. The van der Waals surface area contributed by atoms with E-state index in [1.807, 2.05) is 0 Å². The first-order chi connectivity index (χ1) is 13.2. The van der Waals surface area contributed by atoms with Crippen LogP contribution in [0, 0.1) is 0 Å². The van der Waals surface area contributed by atoms with Gasteiger partial charge in [-0.1, -0.05) is 0 Å². The number of carbonyl (C=O) groups excluding carboxylic acids is 3. The Kier molecular flexibility index (Phi) is 5.75. The van der Waals surface area contributed by atoms with E-state index in [-0.39, 0.29) is 30.7 Å². The van der Waals surface area contributed by atoms with Gasteiger partial charge < -0.3 is 15.0 Å². The molecule has 2 fully saturated rings. The van der Waals surface area contributed by atoms with Crippen LogP contribution in [0.5, 0.6) is 0 Å². The molecule has 0 spiro atoms. The third-order valence-corrected chi connectivity index (χ3v) is 4.74. The zero-order chi connectivity index (χ0) is 20.3. The molecule has 2 aliphatic rings. The summed E-state index contributed by atoms with van der Waals surface area (Å²) < 4.78 is 41.3. The average molecular weight is 403 g/mol. The molecule has 3 rings (SSSR count). The van der Waals surface area contributed by atoms with Gasteiger partial charge in [-0.25, -0.2) is 4.79 Å². The van der Waals surface area contributed by atoms with E-state index >= 15 is 0 Å². The number of cyclic esters (lactones) is 1. The third-order valence-electron chi connectivity index (χ3n) is 4.74. The molecule has 3 heterocycles. The first-order valence-corrected chi connectivity index (χ1v) is 8.82. The summed E-state index contributed by atoms with van der Waals surface area (Å²) in [5.74, 6) is -1.04. The Labute approximate surface area is 158 Å². The van der Waals surface area contributed by atoms with E-state index in [9.17, 15) is 27.6 Å². The number of rotatable bonds is 5.